The monoisotopic (exact) mass is 335 g/mol. The number of amides is 1. The van der Waals surface area contributed by atoms with Crippen LogP contribution in [0.3, 0.4) is 0 Å². The number of nitrogens with zero attached hydrogens (tertiary/aromatic N) is 1. The van der Waals surface area contributed by atoms with Gasteiger partial charge in [-0.1, -0.05) is 12.1 Å². The van der Waals surface area contributed by atoms with Crippen LogP contribution in [0.4, 0.5) is 18.9 Å². The molecule has 0 saturated carbocycles. The number of carbonyl (C=O) groups excluding carboxylic acids is 1. The quantitative estimate of drug-likeness (QED) is 0.764. The number of hydrogen-bond donors (Lipinski definition) is 2. The summed E-state index contributed by atoms with van der Waals surface area (Å²) in [5.74, 6) is -1.11. The van der Waals surface area contributed by atoms with Crippen LogP contribution in [0.2, 0.25) is 0 Å². The van der Waals surface area contributed by atoms with Gasteiger partial charge in [0.15, 0.2) is 0 Å². The molecule has 0 spiro atoms. The van der Waals surface area contributed by atoms with Crippen LogP contribution in [-0.2, 0) is 6.18 Å². The predicted molar refractivity (Wildman–Crippen MR) is 82.0 cm³/mol. The summed E-state index contributed by atoms with van der Waals surface area (Å²) >= 11 is 0. The summed E-state index contributed by atoms with van der Waals surface area (Å²) in [6.07, 6.45) is -4.56. The van der Waals surface area contributed by atoms with Gasteiger partial charge in [0.2, 0.25) is 5.82 Å². The van der Waals surface area contributed by atoms with E-state index in [1.165, 1.54) is 25.3 Å². The lowest BCUT2D eigenvalue weighted by atomic mass is 10.2. The lowest BCUT2D eigenvalue weighted by molar-refractivity contribution is -0.144. The number of para-hydroxylation sites is 1. The van der Waals surface area contributed by atoms with E-state index in [1.54, 1.807) is 24.3 Å². The second-order valence-electron chi connectivity index (χ2n) is 4.97. The van der Waals surface area contributed by atoms with Crippen LogP contribution in [0.15, 0.2) is 42.5 Å². The molecule has 124 valence electrons. The Labute approximate surface area is 134 Å². The van der Waals surface area contributed by atoms with E-state index in [2.05, 4.69) is 15.3 Å². The summed E-state index contributed by atoms with van der Waals surface area (Å²) in [6.45, 7) is 0. The number of methoxy groups -OCH3 is 1. The molecule has 3 aromatic rings. The van der Waals surface area contributed by atoms with Crippen LogP contribution in [0.1, 0.15) is 16.2 Å². The van der Waals surface area contributed by atoms with Crippen molar-refractivity contribution in [1.82, 2.24) is 9.97 Å². The number of carbonyl (C=O) groups is 1. The second kappa shape index (κ2) is 5.88. The van der Waals surface area contributed by atoms with Crippen LogP contribution in [0.5, 0.6) is 5.75 Å². The van der Waals surface area contributed by atoms with Crippen LogP contribution in [0, 0.1) is 0 Å². The van der Waals surface area contributed by atoms with Crippen molar-refractivity contribution in [2.75, 3.05) is 12.4 Å². The molecule has 24 heavy (non-hydrogen) atoms. The number of benzene rings is 2. The highest BCUT2D eigenvalue weighted by Gasteiger charge is 2.34. The number of imidazole rings is 1. The van der Waals surface area contributed by atoms with Gasteiger partial charge in [0.25, 0.3) is 5.91 Å². The number of H-pyrrole nitrogens is 1. The molecule has 5 nitrogen and oxygen atoms in total. The van der Waals surface area contributed by atoms with E-state index in [-0.39, 0.29) is 11.0 Å². The van der Waals surface area contributed by atoms with E-state index in [1.807, 2.05) is 0 Å². The Kier molecular flexibility index (Phi) is 3.88. The Balaban J connectivity index is 1.89. The number of nitrogens with one attached hydrogen (secondary N) is 2. The van der Waals surface area contributed by atoms with Crippen molar-refractivity contribution < 1.29 is 22.7 Å². The van der Waals surface area contributed by atoms with Gasteiger partial charge in [0.05, 0.1) is 23.7 Å². The molecular weight excluding hydrogens is 323 g/mol. The maximum Gasteiger partial charge on any atom is 0.449 e. The van der Waals surface area contributed by atoms with Gasteiger partial charge in [0.1, 0.15) is 5.75 Å². The zero-order valence-electron chi connectivity index (χ0n) is 12.4. The molecule has 1 aromatic heterocycles. The highest BCUT2D eigenvalue weighted by Crippen LogP contribution is 2.29. The van der Waals surface area contributed by atoms with E-state index in [0.29, 0.717) is 17.0 Å². The van der Waals surface area contributed by atoms with Crippen molar-refractivity contribution in [3.63, 3.8) is 0 Å². The smallest absolute Gasteiger partial charge is 0.449 e. The lowest BCUT2D eigenvalue weighted by Crippen LogP contribution is -2.13. The van der Waals surface area contributed by atoms with Gasteiger partial charge in [0, 0.05) is 5.69 Å². The Bertz CT molecular complexity index is 903. The minimum absolute atomic E-state index is 0.164. The summed E-state index contributed by atoms with van der Waals surface area (Å²) in [5, 5.41) is 2.63. The molecule has 0 fully saturated rings. The number of anilines is 1. The third kappa shape index (κ3) is 3.03. The van der Waals surface area contributed by atoms with Gasteiger partial charge in [-0.05, 0) is 30.3 Å². The van der Waals surface area contributed by atoms with Crippen LogP contribution in [-0.4, -0.2) is 23.0 Å². The Morgan fingerprint density at radius 1 is 1.21 bits per heavy atom. The maximum absolute atomic E-state index is 12.7. The minimum atomic E-state index is -4.56. The molecule has 1 amide bonds. The zero-order valence-corrected chi connectivity index (χ0v) is 12.4. The van der Waals surface area contributed by atoms with Gasteiger partial charge in [-0.3, -0.25) is 4.79 Å². The lowest BCUT2D eigenvalue weighted by Gasteiger charge is -2.09. The van der Waals surface area contributed by atoms with Crippen LogP contribution >= 0.6 is 0 Å². The number of alkyl halides is 3. The van der Waals surface area contributed by atoms with E-state index in [0.717, 1.165) is 0 Å². The molecule has 0 aliphatic heterocycles. The van der Waals surface area contributed by atoms with E-state index in [9.17, 15) is 18.0 Å². The van der Waals surface area contributed by atoms with Crippen molar-refractivity contribution in [3.8, 4) is 5.75 Å². The highest BCUT2D eigenvalue weighted by molar-refractivity contribution is 6.06. The number of aromatic nitrogens is 2. The number of halogens is 3. The second-order valence-corrected chi connectivity index (χ2v) is 4.97. The fraction of sp³-hybridized carbons (Fsp3) is 0.125. The molecule has 0 bridgehead atoms. The molecule has 0 atom stereocenters. The number of rotatable bonds is 3. The van der Waals surface area contributed by atoms with Crippen molar-refractivity contribution in [2.45, 2.75) is 6.18 Å². The molecule has 3 rings (SSSR count). The highest BCUT2D eigenvalue weighted by atomic mass is 19.4. The van der Waals surface area contributed by atoms with E-state index >= 15 is 0 Å². The molecule has 1 heterocycles. The largest absolute Gasteiger partial charge is 0.496 e. The van der Waals surface area contributed by atoms with Gasteiger partial charge in [-0.25, -0.2) is 4.98 Å². The average molecular weight is 335 g/mol. The first-order chi connectivity index (χ1) is 11.4. The van der Waals surface area contributed by atoms with Crippen molar-refractivity contribution in [3.05, 3.63) is 53.9 Å². The van der Waals surface area contributed by atoms with E-state index < -0.39 is 17.9 Å². The average Bonchev–Trinajstić information content (AvgIpc) is 2.98. The summed E-state index contributed by atoms with van der Waals surface area (Å²) in [5.41, 5.74) is 1.01. The first-order valence-corrected chi connectivity index (χ1v) is 6.90. The normalized spacial score (nSPS) is 11.5. The summed E-state index contributed by atoms with van der Waals surface area (Å²) < 4.78 is 43.1. The molecule has 2 N–H and O–H groups in total. The molecule has 0 aliphatic rings. The van der Waals surface area contributed by atoms with E-state index in [4.69, 9.17) is 4.74 Å². The molecule has 0 radical (unpaired) electrons. The summed E-state index contributed by atoms with van der Waals surface area (Å²) in [4.78, 5) is 18.0. The standard InChI is InChI=1S/C16H12F3N3O2/c1-24-13-5-3-2-4-10(13)14(23)20-9-6-7-11-12(8-9)22-15(21-11)16(17,18)19/h2-8H,1H3,(H,20,23)(H,21,22). The Morgan fingerprint density at radius 3 is 2.67 bits per heavy atom. The molecule has 0 unspecified atom stereocenters. The first kappa shape index (κ1) is 15.9. The number of aromatic amines is 1. The van der Waals surface area contributed by atoms with Crippen LogP contribution in [0.25, 0.3) is 11.0 Å². The van der Waals surface area contributed by atoms with Gasteiger partial charge in [-0.15, -0.1) is 0 Å². The molecule has 8 heteroatoms. The zero-order chi connectivity index (χ0) is 17.3. The Morgan fingerprint density at radius 2 is 1.96 bits per heavy atom. The van der Waals surface area contributed by atoms with Crippen molar-refractivity contribution >= 4 is 22.6 Å². The number of hydrogen-bond acceptors (Lipinski definition) is 3. The summed E-state index contributed by atoms with van der Waals surface area (Å²) in [6, 6.07) is 10.9. The fourth-order valence-electron chi connectivity index (χ4n) is 2.25. The van der Waals surface area contributed by atoms with Gasteiger partial charge < -0.3 is 15.0 Å². The predicted octanol–water partition coefficient (Wildman–Crippen LogP) is 3.84. The van der Waals surface area contributed by atoms with Crippen LogP contribution < -0.4 is 10.1 Å². The Hall–Kier alpha value is -3.03. The minimum Gasteiger partial charge on any atom is -0.496 e. The SMILES string of the molecule is COc1ccccc1C(=O)Nc1ccc2nc(C(F)(F)F)[nH]c2c1. The molecular formula is C16H12F3N3O2. The van der Waals surface area contributed by atoms with Gasteiger partial charge >= 0.3 is 6.18 Å². The maximum atomic E-state index is 12.7. The molecule has 0 saturated heterocycles. The van der Waals surface area contributed by atoms with Gasteiger partial charge in [-0.2, -0.15) is 13.2 Å². The third-order valence-corrected chi connectivity index (χ3v) is 3.36. The molecule has 0 aliphatic carbocycles. The topological polar surface area (TPSA) is 67.0 Å². The summed E-state index contributed by atoms with van der Waals surface area (Å²) in [7, 11) is 1.45. The first-order valence-electron chi connectivity index (χ1n) is 6.90. The molecule has 2 aromatic carbocycles. The third-order valence-electron chi connectivity index (χ3n) is 3.36. The number of ether oxygens (including phenoxy) is 1. The fourth-order valence-corrected chi connectivity index (χ4v) is 2.25. The number of fused-ring (bicyclic) bond motifs is 1. The van der Waals surface area contributed by atoms with Crippen molar-refractivity contribution in [2.24, 2.45) is 0 Å². The van der Waals surface area contributed by atoms with Crippen molar-refractivity contribution in [1.29, 1.82) is 0 Å².